The van der Waals surface area contributed by atoms with Gasteiger partial charge in [-0.05, 0) is 37.0 Å². The number of rotatable bonds is 3. The normalized spacial score (nSPS) is 18.7. The van der Waals surface area contributed by atoms with E-state index in [4.69, 9.17) is 5.73 Å². The molecule has 1 aliphatic rings. The lowest BCUT2D eigenvalue weighted by Gasteiger charge is -2.11. The molecule has 6 nitrogen and oxygen atoms in total. The van der Waals surface area contributed by atoms with E-state index >= 15 is 4.39 Å². The van der Waals surface area contributed by atoms with Gasteiger partial charge >= 0.3 is 0 Å². The number of carbonyl (C=O) groups is 1. The van der Waals surface area contributed by atoms with Crippen LogP contribution in [0.5, 0.6) is 0 Å². The first-order valence-electron chi connectivity index (χ1n) is 8.42. The molecule has 3 N–H and O–H groups in total. The van der Waals surface area contributed by atoms with Gasteiger partial charge in [0.05, 0.1) is 0 Å². The largest absolute Gasteiger partial charge is 0.383 e. The van der Waals surface area contributed by atoms with E-state index in [-0.39, 0.29) is 28.7 Å². The van der Waals surface area contributed by atoms with Crippen LogP contribution < -0.4 is 11.1 Å². The minimum atomic E-state index is -0.511. The Kier molecular flexibility index (Phi) is 3.79. The van der Waals surface area contributed by atoms with Crippen molar-refractivity contribution in [2.75, 3.05) is 11.1 Å². The molecule has 0 bridgehead atoms. The van der Waals surface area contributed by atoms with Gasteiger partial charge in [-0.2, -0.15) is 0 Å². The Hall–Kier alpha value is -3.09. The highest BCUT2D eigenvalue weighted by Crippen LogP contribution is 2.38. The van der Waals surface area contributed by atoms with E-state index in [2.05, 4.69) is 20.3 Å². The zero-order valence-electron chi connectivity index (χ0n) is 14.5. The van der Waals surface area contributed by atoms with Gasteiger partial charge < -0.3 is 11.1 Å². The van der Waals surface area contributed by atoms with Crippen molar-refractivity contribution >= 4 is 28.3 Å². The van der Waals surface area contributed by atoms with Gasteiger partial charge in [0.1, 0.15) is 17.3 Å². The molecule has 0 radical (unpaired) electrons. The first kappa shape index (κ1) is 16.4. The van der Waals surface area contributed by atoms with E-state index in [1.807, 2.05) is 13.8 Å². The summed E-state index contributed by atoms with van der Waals surface area (Å²) in [6, 6.07) is 3.29. The van der Waals surface area contributed by atoms with Crippen molar-refractivity contribution < 1.29 is 9.18 Å². The number of anilines is 2. The number of amides is 1. The lowest BCUT2D eigenvalue weighted by atomic mass is 10.0. The van der Waals surface area contributed by atoms with Gasteiger partial charge in [0.2, 0.25) is 5.91 Å². The molecule has 0 aliphatic heterocycles. The maximum absolute atomic E-state index is 15.2. The maximum Gasteiger partial charge on any atom is 0.228 e. The average molecular weight is 351 g/mol. The second kappa shape index (κ2) is 6.01. The summed E-state index contributed by atoms with van der Waals surface area (Å²) in [4.78, 5) is 24.5. The first-order valence-corrected chi connectivity index (χ1v) is 8.42. The Morgan fingerprint density at radius 1 is 1.35 bits per heavy atom. The lowest BCUT2D eigenvalue weighted by Crippen LogP contribution is -2.15. The van der Waals surface area contributed by atoms with Crippen molar-refractivity contribution in [1.82, 2.24) is 15.0 Å². The Balaban J connectivity index is 1.80. The minimum Gasteiger partial charge on any atom is -0.383 e. The SMILES string of the molecule is Cc1ccncc1-c1nc(N)c2cnc(NC(=O)[C@H]3C[C@@H]3C)cc2c1F. The molecule has 0 spiro atoms. The number of aromatic nitrogens is 3. The predicted molar refractivity (Wildman–Crippen MR) is 97.8 cm³/mol. The number of nitrogens with zero attached hydrogens (tertiary/aromatic N) is 3. The first-order chi connectivity index (χ1) is 12.5. The van der Waals surface area contributed by atoms with Crippen molar-refractivity contribution in [3.8, 4) is 11.3 Å². The molecule has 132 valence electrons. The number of fused-ring (bicyclic) bond motifs is 1. The van der Waals surface area contributed by atoms with Crippen LogP contribution in [-0.4, -0.2) is 20.9 Å². The van der Waals surface area contributed by atoms with Crippen molar-refractivity contribution in [2.24, 2.45) is 11.8 Å². The molecule has 4 rings (SSSR count). The maximum atomic E-state index is 15.2. The molecule has 1 aliphatic carbocycles. The Morgan fingerprint density at radius 3 is 2.81 bits per heavy atom. The van der Waals surface area contributed by atoms with Crippen LogP contribution in [0.4, 0.5) is 16.0 Å². The van der Waals surface area contributed by atoms with E-state index in [1.54, 1.807) is 18.5 Å². The Bertz CT molecular complexity index is 1040. The smallest absolute Gasteiger partial charge is 0.228 e. The summed E-state index contributed by atoms with van der Waals surface area (Å²) in [5, 5.41) is 3.43. The molecule has 3 heterocycles. The zero-order valence-corrected chi connectivity index (χ0v) is 14.5. The van der Waals surface area contributed by atoms with E-state index in [0.29, 0.717) is 22.7 Å². The minimum absolute atomic E-state index is 0.00783. The van der Waals surface area contributed by atoms with Gasteiger partial charge in [-0.3, -0.25) is 9.78 Å². The number of hydrogen-bond donors (Lipinski definition) is 2. The van der Waals surface area contributed by atoms with Crippen LogP contribution >= 0.6 is 0 Å². The fraction of sp³-hybridized carbons (Fsp3) is 0.263. The number of nitrogen functional groups attached to an aromatic ring is 1. The highest BCUT2D eigenvalue weighted by Gasteiger charge is 2.39. The predicted octanol–water partition coefficient (Wildman–Crippen LogP) is 3.32. The number of hydrogen-bond acceptors (Lipinski definition) is 5. The van der Waals surface area contributed by atoms with E-state index in [0.717, 1.165) is 12.0 Å². The second-order valence-electron chi connectivity index (χ2n) is 6.77. The lowest BCUT2D eigenvalue weighted by molar-refractivity contribution is -0.117. The Morgan fingerprint density at radius 2 is 2.12 bits per heavy atom. The van der Waals surface area contributed by atoms with Gasteiger partial charge in [-0.25, -0.2) is 14.4 Å². The molecule has 7 heteroatoms. The second-order valence-corrected chi connectivity index (χ2v) is 6.77. The summed E-state index contributed by atoms with van der Waals surface area (Å²) in [6.45, 7) is 3.88. The van der Waals surface area contributed by atoms with E-state index in [1.165, 1.54) is 12.3 Å². The fourth-order valence-corrected chi connectivity index (χ4v) is 3.06. The van der Waals surface area contributed by atoms with Crippen LogP contribution in [0.15, 0.2) is 30.7 Å². The van der Waals surface area contributed by atoms with Crippen LogP contribution in [0, 0.1) is 24.6 Å². The van der Waals surface area contributed by atoms with Crippen molar-refractivity contribution in [1.29, 1.82) is 0 Å². The van der Waals surface area contributed by atoms with Crippen LogP contribution in [0.25, 0.3) is 22.0 Å². The summed E-state index contributed by atoms with van der Waals surface area (Å²) >= 11 is 0. The molecule has 0 unspecified atom stereocenters. The fourth-order valence-electron chi connectivity index (χ4n) is 3.06. The molecular weight excluding hydrogens is 333 g/mol. The third kappa shape index (κ3) is 2.75. The molecule has 26 heavy (non-hydrogen) atoms. The molecule has 3 aromatic rings. The van der Waals surface area contributed by atoms with Crippen LogP contribution in [-0.2, 0) is 4.79 Å². The van der Waals surface area contributed by atoms with Crippen molar-refractivity contribution in [3.63, 3.8) is 0 Å². The number of carbonyl (C=O) groups excluding carboxylic acids is 1. The van der Waals surface area contributed by atoms with E-state index in [9.17, 15) is 4.79 Å². The molecular formula is C19H18FN5O. The standard InChI is InChI=1S/C19H18FN5O/c1-9-3-4-22-7-13(9)17-16(20)12-6-15(23-8-14(12)18(21)25-17)24-19(26)11-5-10(11)2/h3-4,6-8,10-11H,5H2,1-2H3,(H2,21,25)(H,23,24,26)/t10-,11-/m0/s1. The van der Waals surface area contributed by atoms with Gasteiger partial charge in [-0.1, -0.05) is 6.92 Å². The molecule has 1 fully saturated rings. The average Bonchev–Trinajstić information content (AvgIpc) is 3.36. The van der Waals surface area contributed by atoms with Gasteiger partial charge in [-0.15, -0.1) is 0 Å². The number of nitrogens with two attached hydrogens (primary N) is 1. The number of nitrogens with one attached hydrogen (secondary N) is 1. The molecule has 3 aromatic heterocycles. The van der Waals surface area contributed by atoms with E-state index < -0.39 is 5.82 Å². The molecule has 2 atom stereocenters. The van der Waals surface area contributed by atoms with Crippen LogP contribution in [0.2, 0.25) is 0 Å². The molecule has 1 amide bonds. The summed E-state index contributed by atoms with van der Waals surface area (Å²) in [5.41, 5.74) is 7.57. The summed E-state index contributed by atoms with van der Waals surface area (Å²) in [7, 11) is 0. The number of halogens is 1. The molecule has 1 saturated carbocycles. The van der Waals surface area contributed by atoms with Crippen molar-refractivity contribution in [2.45, 2.75) is 20.3 Å². The third-order valence-electron chi connectivity index (χ3n) is 4.85. The summed E-state index contributed by atoms with van der Waals surface area (Å²) < 4.78 is 15.2. The van der Waals surface area contributed by atoms with Crippen LogP contribution in [0.3, 0.4) is 0 Å². The topological polar surface area (TPSA) is 93.8 Å². The quantitative estimate of drug-likeness (QED) is 0.755. The Labute approximate surface area is 149 Å². The number of pyridine rings is 3. The highest BCUT2D eigenvalue weighted by molar-refractivity contribution is 5.98. The van der Waals surface area contributed by atoms with Crippen molar-refractivity contribution in [3.05, 3.63) is 42.1 Å². The summed E-state index contributed by atoms with van der Waals surface area (Å²) in [5.74, 6) is 0.277. The highest BCUT2D eigenvalue weighted by atomic mass is 19.1. The van der Waals surface area contributed by atoms with Gasteiger partial charge in [0, 0.05) is 40.8 Å². The summed E-state index contributed by atoms with van der Waals surface area (Å²) in [6.07, 6.45) is 5.50. The molecule has 0 saturated heterocycles. The third-order valence-corrected chi connectivity index (χ3v) is 4.85. The van der Waals surface area contributed by atoms with Crippen LogP contribution in [0.1, 0.15) is 18.9 Å². The van der Waals surface area contributed by atoms with Gasteiger partial charge in [0.15, 0.2) is 5.82 Å². The number of aryl methyl sites for hydroxylation is 1. The van der Waals surface area contributed by atoms with Gasteiger partial charge in [0.25, 0.3) is 0 Å². The zero-order chi connectivity index (χ0) is 18.4. The monoisotopic (exact) mass is 351 g/mol. The molecule has 0 aromatic carbocycles.